The minimum atomic E-state index is -1.08. The molecule has 9 aromatic carbocycles. The molecule has 1 nitrogen and oxygen atoms in total. The minimum Gasteiger partial charge on any atom is -0.455 e. The van der Waals surface area contributed by atoms with Crippen molar-refractivity contribution in [3.8, 4) is 33.4 Å². The fraction of sp³-hybridized carbons (Fsp3) is 0. The van der Waals surface area contributed by atoms with Gasteiger partial charge in [0.15, 0.2) is 0 Å². The van der Waals surface area contributed by atoms with Crippen LogP contribution in [0, 0.1) is 0 Å². The van der Waals surface area contributed by atoms with Gasteiger partial charge < -0.3 is 4.42 Å². The van der Waals surface area contributed by atoms with Crippen LogP contribution in [0.1, 0.15) is 38.4 Å². The van der Waals surface area contributed by atoms with Crippen molar-refractivity contribution in [2.45, 2.75) is 0 Å². The Morgan fingerprint density at radius 1 is 0.319 bits per heavy atom. The monoisotopic (exact) mass is 624 g/mol. The lowest BCUT2D eigenvalue weighted by Crippen LogP contribution is -1.91. The fourth-order valence-corrected chi connectivity index (χ4v) is 5.66. The summed E-state index contributed by atoms with van der Waals surface area (Å²) in [6.07, 6.45) is 0. The second kappa shape index (κ2) is 10.2. The van der Waals surface area contributed by atoms with Gasteiger partial charge in [-0.05, 0) is 101 Å². The maximum absolute atomic E-state index is 9.83. The highest BCUT2D eigenvalue weighted by molar-refractivity contribution is 6.23. The van der Waals surface area contributed by atoms with E-state index in [0.29, 0.717) is 0 Å². The molecule has 0 saturated heterocycles. The standard InChI is InChI=1S/C46H28O/c1-2-12-31-26-33(21-20-29(31)10-1)32-13-9-14-34(27-32)44-37-16-5-7-18-39(37)45(40-19-8-6-17-38(40)44)35-23-25-43-42(28-35)41-24-22-30-11-3-4-15-36(30)46(41)47-43/h1-28H/i1D,2D,3D,4D,5D,6D,7D,8D,9D,10D,11D,12D,13D,14D,15D,16D,17D,18D,19D,20D,21D,22D,23D,24D,25D,26D,27D,28D. The zero-order chi connectivity index (χ0) is 55.3. The summed E-state index contributed by atoms with van der Waals surface area (Å²) in [5.41, 5.74) is -5.98. The van der Waals surface area contributed by atoms with Gasteiger partial charge in [0.05, 0.1) is 38.4 Å². The van der Waals surface area contributed by atoms with Gasteiger partial charge >= 0.3 is 0 Å². The Labute approximate surface area is 311 Å². The normalized spacial score (nSPS) is 20.2. The second-order valence-corrected chi connectivity index (χ2v) is 10.3. The van der Waals surface area contributed by atoms with Crippen LogP contribution in [0.25, 0.3) is 98.4 Å². The van der Waals surface area contributed by atoms with Gasteiger partial charge in [-0.3, -0.25) is 0 Å². The van der Waals surface area contributed by atoms with Crippen molar-refractivity contribution in [1.82, 2.24) is 0 Å². The van der Waals surface area contributed by atoms with E-state index in [9.17, 15) is 13.7 Å². The summed E-state index contributed by atoms with van der Waals surface area (Å²) in [5.74, 6) is 0. The van der Waals surface area contributed by atoms with Crippen LogP contribution in [-0.4, -0.2) is 0 Å². The van der Waals surface area contributed by atoms with Crippen molar-refractivity contribution in [3.05, 3.63) is 169 Å². The fourth-order valence-electron chi connectivity index (χ4n) is 5.66. The number of rotatable bonds is 3. The van der Waals surface area contributed by atoms with Gasteiger partial charge in [0.2, 0.25) is 0 Å². The molecular weight excluding hydrogens is 569 g/mol. The van der Waals surface area contributed by atoms with E-state index in [-0.39, 0.29) is 0 Å². The van der Waals surface area contributed by atoms with Gasteiger partial charge in [0.25, 0.3) is 0 Å². The summed E-state index contributed by atoms with van der Waals surface area (Å²) in [6, 6.07) is -25.7. The molecule has 0 aliphatic heterocycles. The van der Waals surface area contributed by atoms with Crippen LogP contribution >= 0.6 is 0 Å². The second-order valence-electron chi connectivity index (χ2n) is 10.3. The summed E-state index contributed by atoms with van der Waals surface area (Å²) in [4.78, 5) is 0. The molecule has 0 spiro atoms. The van der Waals surface area contributed by atoms with Gasteiger partial charge in [0, 0.05) is 16.2 Å². The summed E-state index contributed by atoms with van der Waals surface area (Å²) in [6.45, 7) is 0. The molecule has 0 bridgehead atoms. The van der Waals surface area contributed by atoms with Crippen LogP contribution in [0.3, 0.4) is 0 Å². The van der Waals surface area contributed by atoms with Gasteiger partial charge in [-0.15, -0.1) is 0 Å². The van der Waals surface area contributed by atoms with Crippen molar-refractivity contribution in [1.29, 1.82) is 0 Å². The zero-order valence-electron chi connectivity index (χ0n) is 51.4. The molecule has 0 saturated carbocycles. The largest absolute Gasteiger partial charge is 0.455 e. The maximum Gasteiger partial charge on any atom is 0.143 e. The molecule has 0 radical (unpaired) electrons. The number of hydrogen-bond acceptors (Lipinski definition) is 1. The Morgan fingerprint density at radius 2 is 0.851 bits per heavy atom. The van der Waals surface area contributed by atoms with Gasteiger partial charge in [-0.25, -0.2) is 0 Å². The zero-order valence-corrected chi connectivity index (χ0v) is 23.4. The number of furan rings is 1. The molecule has 10 rings (SSSR count). The lowest BCUT2D eigenvalue weighted by Gasteiger charge is -2.18. The molecule has 1 aromatic heterocycles. The molecule has 0 unspecified atom stereocenters. The van der Waals surface area contributed by atoms with Crippen molar-refractivity contribution >= 4 is 65.0 Å². The summed E-state index contributed by atoms with van der Waals surface area (Å²) < 4.78 is 258. The molecule has 47 heavy (non-hydrogen) atoms. The Bertz CT molecular complexity index is 4360. The van der Waals surface area contributed by atoms with E-state index in [1.54, 1.807) is 0 Å². The van der Waals surface area contributed by atoms with Crippen molar-refractivity contribution in [2.24, 2.45) is 0 Å². The molecule has 10 aromatic rings. The molecule has 0 atom stereocenters. The predicted molar refractivity (Wildman–Crippen MR) is 200 cm³/mol. The first kappa shape index (κ1) is 10.7. The Hall–Kier alpha value is -6.18. The van der Waals surface area contributed by atoms with E-state index < -0.39 is 268 Å². The third kappa shape index (κ3) is 4.03. The first-order valence-electron chi connectivity index (χ1n) is 27.9. The highest BCUT2D eigenvalue weighted by atomic mass is 16.3. The van der Waals surface area contributed by atoms with Crippen LogP contribution < -0.4 is 0 Å². The molecule has 0 N–H and O–H groups in total. The Balaban J connectivity index is 1.48. The topological polar surface area (TPSA) is 13.1 Å². The summed E-state index contributed by atoms with van der Waals surface area (Å²) >= 11 is 0. The Kier molecular flexibility index (Phi) is 2.31. The first-order chi connectivity index (χ1) is 35.0. The van der Waals surface area contributed by atoms with E-state index in [0.717, 1.165) is 0 Å². The van der Waals surface area contributed by atoms with Crippen molar-refractivity contribution < 1.29 is 42.8 Å². The van der Waals surface area contributed by atoms with Crippen LogP contribution in [0.2, 0.25) is 0 Å². The third-order valence-electron chi connectivity index (χ3n) is 7.69. The van der Waals surface area contributed by atoms with E-state index in [1.165, 1.54) is 0 Å². The molecule has 0 fully saturated rings. The molecule has 218 valence electrons. The van der Waals surface area contributed by atoms with Crippen LogP contribution in [0.5, 0.6) is 0 Å². The number of hydrogen-bond donors (Lipinski definition) is 0. The molecule has 0 amide bonds. The molecule has 1 heteroatoms. The Morgan fingerprint density at radius 3 is 1.57 bits per heavy atom. The van der Waals surface area contributed by atoms with E-state index >= 15 is 0 Å². The van der Waals surface area contributed by atoms with Crippen LogP contribution in [0.15, 0.2) is 174 Å². The highest BCUT2D eigenvalue weighted by Crippen LogP contribution is 2.45. The number of benzene rings is 9. The summed E-state index contributed by atoms with van der Waals surface area (Å²) in [7, 11) is 0. The predicted octanol–water partition coefficient (Wildman–Crippen LogP) is 13.2. The smallest absolute Gasteiger partial charge is 0.143 e. The van der Waals surface area contributed by atoms with Crippen LogP contribution in [0.4, 0.5) is 0 Å². The van der Waals surface area contributed by atoms with E-state index in [1.807, 2.05) is 0 Å². The SMILES string of the molecule is [2H]c1c([2H])c(-c2c([2H])c([2H])c3c([2H])c([2H])c([2H])c([2H])c3c2[2H])c([2H])c(-c2c3c([2H])c([2H])c([2H])c([2H])c3c(-c3c([2H])c([2H])c4oc5c6c([2H])c([2H])c([2H])c([2H])c6c([2H])c([2H])c5c4c3[2H])c3c([2H])c([2H])c([2H])c([2H])c23)c1[2H]. The molecule has 0 aliphatic carbocycles. The first-order valence-corrected chi connectivity index (χ1v) is 13.9. The lowest BCUT2D eigenvalue weighted by atomic mass is 9.85. The van der Waals surface area contributed by atoms with Gasteiger partial charge in [-0.2, -0.15) is 0 Å². The maximum atomic E-state index is 9.83. The van der Waals surface area contributed by atoms with Crippen molar-refractivity contribution in [3.63, 3.8) is 0 Å². The highest BCUT2D eigenvalue weighted by Gasteiger charge is 2.18. The quantitative estimate of drug-likeness (QED) is 0.178. The average Bonchev–Trinajstić information content (AvgIpc) is 3.78. The third-order valence-corrected chi connectivity index (χ3v) is 7.69. The van der Waals surface area contributed by atoms with Crippen LogP contribution in [-0.2, 0) is 0 Å². The molecule has 1 heterocycles. The molecule has 0 aliphatic rings. The van der Waals surface area contributed by atoms with E-state index in [2.05, 4.69) is 0 Å². The average molecular weight is 625 g/mol. The lowest BCUT2D eigenvalue weighted by molar-refractivity contribution is 0.672. The molecular formula is C46H28O. The van der Waals surface area contributed by atoms with E-state index in [4.69, 9.17) is 29.1 Å². The number of fused-ring (bicyclic) bond motifs is 8. The van der Waals surface area contributed by atoms with Gasteiger partial charge in [0.1, 0.15) is 11.2 Å². The van der Waals surface area contributed by atoms with Crippen molar-refractivity contribution in [2.75, 3.05) is 0 Å². The minimum absolute atomic E-state index is 0.421. The van der Waals surface area contributed by atoms with Gasteiger partial charge in [-0.1, -0.05) is 139 Å². The summed E-state index contributed by atoms with van der Waals surface area (Å²) in [5, 5.41) is -6.11.